The third-order valence-corrected chi connectivity index (χ3v) is 20.8. The summed E-state index contributed by atoms with van der Waals surface area (Å²) in [5, 5.41) is 0. The van der Waals surface area contributed by atoms with Crippen LogP contribution in [0.4, 0.5) is 0 Å². The Hall–Kier alpha value is -0.980. The van der Waals surface area contributed by atoms with E-state index >= 15 is 0 Å². The fourth-order valence-corrected chi connectivity index (χ4v) is 14.1. The van der Waals surface area contributed by atoms with E-state index in [0.717, 1.165) is 0 Å². The van der Waals surface area contributed by atoms with Gasteiger partial charge in [-0.1, -0.05) is 347 Å². The number of hydrogen-bond acceptors (Lipinski definition) is 5. The standard InChI is InChI=1S/C86H171N5/c1-6-11-16-21-26-31-36-39-42-44-47-49-54-59-64-67-72-87(73-68-65-60-55-50-48-45-43-40-37-32-27-22-17-12-7-2)77-79-89(76-71-66-61-56-51-46-41-38-33-28-23-18-13-8-3)80-82-91-85-83-90(84-86-91)81-78-88(74-69-62-57-52-34-29-24-19-14-9-4)75-70-63-58-53-35-30-25-20-15-10-5/h38-43H,6-37,44-86H2,1-5H3/b41-38-,42-39-,43-40-. The van der Waals surface area contributed by atoms with Crippen LogP contribution in [0.3, 0.4) is 0 Å². The number of nitrogens with zero attached hydrogens (tertiary/aromatic N) is 5. The van der Waals surface area contributed by atoms with E-state index in [2.05, 4.69) is 95.6 Å². The Labute approximate surface area is 575 Å². The van der Waals surface area contributed by atoms with Crippen LogP contribution in [-0.4, -0.2) is 123 Å². The summed E-state index contributed by atoms with van der Waals surface area (Å²) in [6.07, 6.45) is 99.2. The zero-order valence-electron chi connectivity index (χ0n) is 63.7. The van der Waals surface area contributed by atoms with Gasteiger partial charge in [0.25, 0.3) is 0 Å². The maximum Gasteiger partial charge on any atom is 0.0110 e. The first-order valence-corrected chi connectivity index (χ1v) is 42.7. The third kappa shape index (κ3) is 67.4. The van der Waals surface area contributed by atoms with Crippen LogP contribution in [-0.2, 0) is 0 Å². The van der Waals surface area contributed by atoms with Gasteiger partial charge in [-0.25, -0.2) is 0 Å². The van der Waals surface area contributed by atoms with E-state index in [1.807, 2.05) is 0 Å². The van der Waals surface area contributed by atoms with Gasteiger partial charge < -0.3 is 14.7 Å². The Balaban J connectivity index is 2.82. The molecule has 1 rings (SSSR count). The summed E-state index contributed by atoms with van der Waals surface area (Å²) < 4.78 is 0. The summed E-state index contributed by atoms with van der Waals surface area (Å²) in [5.74, 6) is 0. The highest BCUT2D eigenvalue weighted by Gasteiger charge is 2.19. The van der Waals surface area contributed by atoms with Crippen LogP contribution < -0.4 is 0 Å². The van der Waals surface area contributed by atoms with Crippen LogP contribution in [0.15, 0.2) is 36.5 Å². The highest BCUT2D eigenvalue weighted by Crippen LogP contribution is 2.18. The Kier molecular flexibility index (Phi) is 73.9. The summed E-state index contributed by atoms with van der Waals surface area (Å²) in [6, 6.07) is 0. The molecule has 0 atom stereocenters. The molecule has 1 aliphatic rings. The number of unbranched alkanes of at least 4 members (excludes halogenated alkanes) is 52. The number of allylic oxidation sites excluding steroid dienone is 6. The van der Waals surface area contributed by atoms with Gasteiger partial charge >= 0.3 is 0 Å². The van der Waals surface area contributed by atoms with E-state index in [4.69, 9.17) is 0 Å². The molecule has 0 aliphatic carbocycles. The third-order valence-electron chi connectivity index (χ3n) is 20.8. The second kappa shape index (κ2) is 76.4. The van der Waals surface area contributed by atoms with Gasteiger partial charge in [0.1, 0.15) is 0 Å². The molecule has 0 N–H and O–H groups in total. The second-order valence-corrected chi connectivity index (χ2v) is 29.7. The van der Waals surface area contributed by atoms with Crippen molar-refractivity contribution >= 4 is 0 Å². The minimum Gasteiger partial charge on any atom is -0.302 e. The fraction of sp³-hybridized carbons (Fsp3) is 0.930. The first-order chi connectivity index (χ1) is 45.2. The lowest BCUT2D eigenvalue weighted by atomic mass is 10.1. The summed E-state index contributed by atoms with van der Waals surface area (Å²) in [7, 11) is 0. The van der Waals surface area contributed by atoms with Crippen LogP contribution >= 0.6 is 0 Å². The summed E-state index contributed by atoms with van der Waals surface area (Å²) >= 11 is 0. The molecule has 0 aromatic carbocycles. The van der Waals surface area contributed by atoms with E-state index in [-0.39, 0.29) is 0 Å². The second-order valence-electron chi connectivity index (χ2n) is 29.7. The van der Waals surface area contributed by atoms with Crippen LogP contribution in [0.2, 0.25) is 0 Å². The van der Waals surface area contributed by atoms with Gasteiger partial charge in [0.2, 0.25) is 0 Å². The lowest BCUT2D eigenvalue weighted by Crippen LogP contribution is -2.50. The molecule has 1 saturated heterocycles. The molecule has 0 aromatic heterocycles. The van der Waals surface area contributed by atoms with Crippen molar-refractivity contribution < 1.29 is 0 Å². The molecule has 0 bridgehead atoms. The average Bonchev–Trinajstić information content (AvgIpc) is 3.67. The van der Waals surface area contributed by atoms with Gasteiger partial charge in [-0.3, -0.25) is 9.80 Å². The van der Waals surface area contributed by atoms with Crippen LogP contribution in [0.5, 0.6) is 0 Å². The molecular formula is C86H171N5. The minimum atomic E-state index is 1.26. The molecule has 5 nitrogen and oxygen atoms in total. The topological polar surface area (TPSA) is 16.2 Å². The lowest BCUT2D eigenvalue weighted by Gasteiger charge is -2.37. The largest absolute Gasteiger partial charge is 0.302 e. The molecule has 1 heterocycles. The molecule has 0 aromatic rings. The van der Waals surface area contributed by atoms with E-state index in [1.54, 1.807) is 0 Å². The monoisotopic (exact) mass is 1270 g/mol. The molecular weight excluding hydrogens is 1100 g/mol. The first kappa shape index (κ1) is 88.0. The van der Waals surface area contributed by atoms with E-state index in [0.29, 0.717) is 0 Å². The van der Waals surface area contributed by atoms with Gasteiger partial charge in [0.15, 0.2) is 0 Å². The highest BCUT2D eigenvalue weighted by molar-refractivity contribution is 4.83. The zero-order valence-corrected chi connectivity index (χ0v) is 63.7. The molecule has 91 heavy (non-hydrogen) atoms. The molecule has 0 unspecified atom stereocenters. The summed E-state index contributed by atoms with van der Waals surface area (Å²) in [4.78, 5) is 14.5. The molecule has 1 aliphatic heterocycles. The maximum atomic E-state index is 2.94. The smallest absolute Gasteiger partial charge is 0.0110 e. The lowest BCUT2D eigenvalue weighted by molar-refractivity contribution is 0.104. The minimum absolute atomic E-state index is 1.26. The summed E-state index contributed by atoms with van der Waals surface area (Å²) in [6.45, 7) is 30.8. The molecule has 0 spiro atoms. The predicted molar refractivity (Wildman–Crippen MR) is 415 cm³/mol. The SMILES string of the molecule is CCCCCCC/C=C\CCCCCCCN(CCN(CCCCCCCC/C=C\CCCCCCCC)CCCCCCCC/C=C\CCCCCCCC)CCN1CCN(CCN(CCCCCCCCCCCC)CCCCCCCCCCCC)CC1. The molecule has 0 saturated carbocycles. The van der Waals surface area contributed by atoms with Gasteiger partial charge in [0.05, 0.1) is 0 Å². The van der Waals surface area contributed by atoms with Crippen LogP contribution in [0.1, 0.15) is 420 Å². The van der Waals surface area contributed by atoms with E-state index in [1.165, 1.54) is 483 Å². The van der Waals surface area contributed by atoms with Gasteiger partial charge in [-0.2, -0.15) is 0 Å². The van der Waals surface area contributed by atoms with Crippen molar-refractivity contribution in [2.75, 3.05) is 98.2 Å². The zero-order chi connectivity index (χ0) is 65.2. The Morgan fingerprint density at radius 1 is 0.176 bits per heavy atom. The van der Waals surface area contributed by atoms with Gasteiger partial charge in [-0.15, -0.1) is 0 Å². The highest BCUT2D eigenvalue weighted by atomic mass is 15.3. The van der Waals surface area contributed by atoms with Gasteiger partial charge in [0, 0.05) is 65.4 Å². The van der Waals surface area contributed by atoms with Crippen molar-refractivity contribution in [3.8, 4) is 0 Å². The average molecular weight is 1280 g/mol. The quantitative estimate of drug-likeness (QED) is 0.0444. The molecule has 0 radical (unpaired) electrons. The van der Waals surface area contributed by atoms with Crippen molar-refractivity contribution in [3.05, 3.63) is 36.5 Å². The Bertz CT molecular complexity index is 1350. The maximum absolute atomic E-state index is 2.94. The van der Waals surface area contributed by atoms with Crippen LogP contribution in [0, 0.1) is 0 Å². The van der Waals surface area contributed by atoms with Crippen molar-refractivity contribution in [1.82, 2.24) is 24.5 Å². The predicted octanol–water partition coefficient (Wildman–Crippen LogP) is 26.7. The number of hydrogen-bond donors (Lipinski definition) is 0. The first-order valence-electron chi connectivity index (χ1n) is 42.7. The Morgan fingerprint density at radius 3 is 0.527 bits per heavy atom. The van der Waals surface area contributed by atoms with E-state index < -0.39 is 0 Å². The molecule has 1 fully saturated rings. The van der Waals surface area contributed by atoms with Gasteiger partial charge in [-0.05, 0) is 142 Å². The molecule has 0 amide bonds. The van der Waals surface area contributed by atoms with Crippen molar-refractivity contribution in [1.29, 1.82) is 0 Å². The molecule has 540 valence electrons. The van der Waals surface area contributed by atoms with Crippen molar-refractivity contribution in [2.24, 2.45) is 0 Å². The fourth-order valence-electron chi connectivity index (χ4n) is 14.1. The molecule has 5 heteroatoms. The Morgan fingerprint density at radius 2 is 0.330 bits per heavy atom. The normalized spacial score (nSPS) is 13.7. The van der Waals surface area contributed by atoms with Crippen molar-refractivity contribution in [2.45, 2.75) is 420 Å². The van der Waals surface area contributed by atoms with E-state index in [9.17, 15) is 0 Å². The number of rotatable bonds is 77. The summed E-state index contributed by atoms with van der Waals surface area (Å²) in [5.41, 5.74) is 0. The number of piperazine rings is 1. The van der Waals surface area contributed by atoms with Crippen LogP contribution in [0.25, 0.3) is 0 Å². The van der Waals surface area contributed by atoms with Crippen molar-refractivity contribution in [3.63, 3.8) is 0 Å².